The van der Waals surface area contributed by atoms with Crippen LogP contribution in [0.5, 0.6) is 0 Å². The van der Waals surface area contributed by atoms with Crippen molar-refractivity contribution in [3.8, 4) is 5.69 Å². The Hall–Kier alpha value is -4.12. The van der Waals surface area contributed by atoms with Crippen LogP contribution in [0.15, 0.2) is 72.0 Å². The van der Waals surface area contributed by atoms with Crippen LogP contribution >= 0.6 is 0 Å². The van der Waals surface area contributed by atoms with Crippen LogP contribution in [0.25, 0.3) is 16.6 Å². The van der Waals surface area contributed by atoms with E-state index in [1.165, 1.54) is 24.4 Å². The Morgan fingerprint density at radius 1 is 1.08 bits per heavy atom. The van der Waals surface area contributed by atoms with Gasteiger partial charge in [-0.3, -0.25) is 14.6 Å². The molecule has 2 N–H and O–H groups in total. The first-order valence-corrected chi connectivity index (χ1v) is 13.3. The van der Waals surface area contributed by atoms with Gasteiger partial charge >= 0.3 is 5.97 Å². The Balaban J connectivity index is 1.39. The molecule has 9 nitrogen and oxygen atoms in total. The molecule has 2 aromatic carbocycles. The third-order valence-corrected chi connectivity index (χ3v) is 8.26. The highest BCUT2D eigenvalue weighted by molar-refractivity contribution is 7.91. The molecule has 1 aliphatic rings. The predicted octanol–water partition coefficient (Wildman–Crippen LogP) is 3.62. The van der Waals surface area contributed by atoms with E-state index in [0.29, 0.717) is 40.6 Å². The van der Waals surface area contributed by atoms with Crippen LogP contribution in [0, 0.1) is 5.82 Å². The van der Waals surface area contributed by atoms with Crippen LogP contribution in [-0.2, 0) is 20.2 Å². The number of carbonyl (C=O) groups is 2. The summed E-state index contributed by atoms with van der Waals surface area (Å²) in [5.41, 5.74) is 1.48. The van der Waals surface area contributed by atoms with Crippen LogP contribution < -0.4 is 5.32 Å². The summed E-state index contributed by atoms with van der Waals surface area (Å²) < 4.78 is 40.4. The highest BCUT2D eigenvalue weighted by Crippen LogP contribution is 2.46. The average Bonchev–Trinajstić information content (AvgIpc) is 3.53. The van der Waals surface area contributed by atoms with Crippen molar-refractivity contribution in [2.75, 3.05) is 5.75 Å². The van der Waals surface area contributed by atoms with Crippen LogP contribution in [0.2, 0.25) is 0 Å². The van der Waals surface area contributed by atoms with Gasteiger partial charge in [-0.25, -0.2) is 17.5 Å². The van der Waals surface area contributed by atoms with Crippen molar-refractivity contribution in [3.63, 3.8) is 0 Å². The molecule has 0 atom stereocenters. The zero-order valence-corrected chi connectivity index (χ0v) is 20.4. The first-order valence-electron chi connectivity index (χ1n) is 11.6. The molecule has 11 heteroatoms. The van der Waals surface area contributed by atoms with E-state index in [1.807, 2.05) is 0 Å². The zero-order valence-electron chi connectivity index (χ0n) is 19.6. The van der Waals surface area contributed by atoms with E-state index in [9.17, 15) is 22.4 Å². The number of hydrogen-bond donors (Lipinski definition) is 2. The van der Waals surface area contributed by atoms with Gasteiger partial charge in [0.05, 0.1) is 45.3 Å². The summed E-state index contributed by atoms with van der Waals surface area (Å²) in [5.74, 6) is -2.06. The van der Waals surface area contributed by atoms with Gasteiger partial charge in [-0.1, -0.05) is 12.1 Å². The number of halogens is 1. The summed E-state index contributed by atoms with van der Waals surface area (Å²) in [6, 6.07) is 12.2. The molecule has 4 aromatic rings. The van der Waals surface area contributed by atoms with Gasteiger partial charge in [-0.2, -0.15) is 5.10 Å². The van der Waals surface area contributed by atoms with Crippen molar-refractivity contribution in [1.82, 2.24) is 20.1 Å². The zero-order chi connectivity index (χ0) is 26.2. The number of benzene rings is 2. The van der Waals surface area contributed by atoms with Crippen LogP contribution in [0.4, 0.5) is 4.39 Å². The fourth-order valence-corrected chi connectivity index (χ4v) is 5.68. The standard InChI is InChI=1S/C26H23FN4O5S/c27-18-6-8-19(9-7-18)31-23-16-28-14-22(21(23)15-29-31)25(34)30-26(10-11-26)17-3-1-4-20(13-17)37(35,36)12-2-5-24(32)33/h1,3-4,6-9,13-16H,2,5,10-12H2,(H,30,34)(H,32,33). The fraction of sp³-hybridized carbons (Fsp3) is 0.231. The molecular formula is C26H23FN4O5S. The Morgan fingerprint density at radius 2 is 1.84 bits per heavy atom. The summed E-state index contributed by atoms with van der Waals surface area (Å²) in [6.45, 7) is 0. The van der Waals surface area contributed by atoms with E-state index < -0.39 is 21.3 Å². The van der Waals surface area contributed by atoms with Gasteiger partial charge < -0.3 is 10.4 Å². The highest BCUT2D eigenvalue weighted by Gasteiger charge is 2.46. The van der Waals surface area contributed by atoms with Gasteiger partial charge in [0.2, 0.25) is 0 Å². The number of carboxylic acids is 1. The highest BCUT2D eigenvalue weighted by atomic mass is 32.2. The lowest BCUT2D eigenvalue weighted by atomic mass is 10.0. The molecule has 0 spiro atoms. The van der Waals surface area contributed by atoms with Crippen molar-refractivity contribution >= 4 is 32.6 Å². The van der Waals surface area contributed by atoms with Crippen LogP contribution in [0.1, 0.15) is 41.6 Å². The molecule has 0 saturated heterocycles. The molecule has 1 fully saturated rings. The minimum absolute atomic E-state index is 0.0202. The Morgan fingerprint density at radius 3 is 2.54 bits per heavy atom. The quantitative estimate of drug-likeness (QED) is 0.343. The summed E-state index contributed by atoms with van der Waals surface area (Å²) in [6.07, 6.45) is 5.66. The van der Waals surface area contributed by atoms with Crippen molar-refractivity contribution in [2.45, 2.75) is 36.1 Å². The average molecular weight is 523 g/mol. The monoisotopic (exact) mass is 522 g/mol. The number of rotatable bonds is 9. The Bertz CT molecular complexity index is 1610. The van der Waals surface area contributed by atoms with E-state index in [-0.39, 0.29) is 35.2 Å². The summed E-state index contributed by atoms with van der Waals surface area (Å²) in [4.78, 5) is 28.4. The van der Waals surface area contributed by atoms with Gasteiger partial charge in [0.1, 0.15) is 5.82 Å². The number of sulfone groups is 1. The molecule has 2 heterocycles. The molecule has 190 valence electrons. The van der Waals surface area contributed by atoms with Crippen LogP contribution in [-0.4, -0.2) is 45.9 Å². The SMILES string of the molecule is O=C(O)CCCS(=O)(=O)c1cccc(C2(NC(=O)c3cncc4c3cnn4-c3ccc(F)cc3)CC2)c1. The van der Waals surface area contributed by atoms with Crippen molar-refractivity contribution in [2.24, 2.45) is 0 Å². The number of aromatic nitrogens is 3. The minimum atomic E-state index is -3.67. The maximum absolute atomic E-state index is 13.4. The second kappa shape index (κ2) is 9.40. The summed E-state index contributed by atoms with van der Waals surface area (Å²) >= 11 is 0. The van der Waals surface area contributed by atoms with Crippen molar-refractivity contribution in [1.29, 1.82) is 0 Å². The molecule has 0 unspecified atom stereocenters. The normalized spacial score (nSPS) is 14.4. The number of fused-ring (bicyclic) bond motifs is 1. The number of carbonyl (C=O) groups excluding carboxylic acids is 1. The second-order valence-electron chi connectivity index (χ2n) is 9.03. The lowest BCUT2D eigenvalue weighted by Gasteiger charge is -2.19. The number of pyridine rings is 1. The maximum atomic E-state index is 13.4. The molecule has 1 aliphatic carbocycles. The lowest BCUT2D eigenvalue weighted by Crippen LogP contribution is -2.35. The van der Waals surface area contributed by atoms with E-state index in [4.69, 9.17) is 5.11 Å². The van der Waals surface area contributed by atoms with Gasteiger partial charge in [0.15, 0.2) is 9.84 Å². The number of carboxylic acid groups (broad SMARTS) is 1. The molecule has 2 aromatic heterocycles. The number of aliphatic carboxylic acids is 1. The van der Waals surface area contributed by atoms with E-state index in [2.05, 4.69) is 15.4 Å². The van der Waals surface area contributed by atoms with E-state index in [0.717, 1.165) is 0 Å². The van der Waals surface area contributed by atoms with Gasteiger partial charge in [0.25, 0.3) is 5.91 Å². The molecule has 0 aliphatic heterocycles. The maximum Gasteiger partial charge on any atom is 0.303 e. The molecule has 1 amide bonds. The van der Waals surface area contributed by atoms with E-state index in [1.54, 1.807) is 47.4 Å². The third kappa shape index (κ3) is 4.94. The lowest BCUT2D eigenvalue weighted by molar-refractivity contribution is -0.137. The number of nitrogens with one attached hydrogen (secondary N) is 1. The molecule has 37 heavy (non-hydrogen) atoms. The first kappa shape index (κ1) is 24.6. The fourth-order valence-electron chi connectivity index (χ4n) is 4.32. The number of amides is 1. The third-order valence-electron chi connectivity index (χ3n) is 6.47. The smallest absolute Gasteiger partial charge is 0.303 e. The van der Waals surface area contributed by atoms with Gasteiger partial charge in [-0.15, -0.1) is 0 Å². The largest absolute Gasteiger partial charge is 0.481 e. The summed E-state index contributed by atoms with van der Waals surface area (Å²) in [7, 11) is -3.67. The Kier molecular flexibility index (Phi) is 6.24. The topological polar surface area (TPSA) is 131 Å². The van der Waals surface area contributed by atoms with E-state index >= 15 is 0 Å². The van der Waals surface area contributed by atoms with Crippen molar-refractivity contribution in [3.05, 3.63) is 84.1 Å². The molecule has 5 rings (SSSR count). The molecule has 1 saturated carbocycles. The predicted molar refractivity (Wildman–Crippen MR) is 133 cm³/mol. The first-order chi connectivity index (χ1) is 17.7. The number of hydrogen-bond acceptors (Lipinski definition) is 6. The second-order valence-corrected chi connectivity index (χ2v) is 11.1. The molecule has 0 bridgehead atoms. The molecule has 0 radical (unpaired) electrons. The minimum Gasteiger partial charge on any atom is -0.481 e. The van der Waals surface area contributed by atoms with Gasteiger partial charge in [0, 0.05) is 18.0 Å². The molecular weight excluding hydrogens is 499 g/mol. The van der Waals surface area contributed by atoms with Crippen molar-refractivity contribution < 1.29 is 27.5 Å². The van der Waals surface area contributed by atoms with Gasteiger partial charge in [-0.05, 0) is 61.2 Å². The number of nitrogens with zero attached hydrogens (tertiary/aromatic N) is 3. The Labute approximate surface area is 211 Å². The van der Waals surface area contributed by atoms with Crippen LogP contribution in [0.3, 0.4) is 0 Å². The summed E-state index contributed by atoms with van der Waals surface area (Å²) in [5, 5.41) is 16.8.